The molecule has 2 atom stereocenters. The van der Waals surface area contributed by atoms with Crippen molar-refractivity contribution in [3.63, 3.8) is 0 Å². The molecule has 1 aliphatic heterocycles. The van der Waals surface area contributed by atoms with E-state index in [1.165, 1.54) is 0 Å². The molecule has 0 bridgehead atoms. The molecule has 2 rings (SSSR count). The van der Waals surface area contributed by atoms with E-state index in [4.69, 9.17) is 15.9 Å². The average molecular weight is 259 g/mol. The molecule has 1 aromatic rings. The van der Waals surface area contributed by atoms with Crippen LogP contribution in [0.5, 0.6) is 0 Å². The Balaban J connectivity index is 1.74. The Morgan fingerprint density at radius 3 is 3.00 bits per heavy atom. The number of rotatable bonds is 3. The smallest absolute Gasteiger partial charge is 0.407 e. The zero-order valence-electron chi connectivity index (χ0n) is 10.7. The summed E-state index contributed by atoms with van der Waals surface area (Å²) in [6.45, 7) is 0.840. The molecule has 1 saturated heterocycles. The van der Waals surface area contributed by atoms with Crippen molar-refractivity contribution < 1.29 is 14.3 Å². The van der Waals surface area contributed by atoms with E-state index in [0.29, 0.717) is 13.0 Å². The van der Waals surface area contributed by atoms with Crippen LogP contribution < -0.4 is 5.32 Å². The highest BCUT2D eigenvalue weighted by atomic mass is 16.5. The lowest BCUT2D eigenvalue weighted by molar-refractivity contribution is 0.0345. The highest BCUT2D eigenvalue weighted by molar-refractivity contribution is 5.67. The van der Waals surface area contributed by atoms with Gasteiger partial charge in [0.15, 0.2) is 0 Å². The van der Waals surface area contributed by atoms with Gasteiger partial charge in [-0.2, -0.15) is 0 Å². The van der Waals surface area contributed by atoms with Crippen LogP contribution in [0.4, 0.5) is 4.79 Å². The molecule has 0 radical (unpaired) electrons. The van der Waals surface area contributed by atoms with Crippen LogP contribution in [-0.2, 0) is 16.1 Å². The van der Waals surface area contributed by atoms with Gasteiger partial charge in [0.05, 0.1) is 6.61 Å². The number of benzene rings is 1. The third-order valence-corrected chi connectivity index (χ3v) is 3.00. The maximum atomic E-state index is 11.7. The fourth-order valence-electron chi connectivity index (χ4n) is 1.98. The molecule has 0 aromatic heterocycles. The number of nitrogens with one attached hydrogen (secondary N) is 1. The van der Waals surface area contributed by atoms with Crippen LogP contribution in [-0.4, -0.2) is 24.8 Å². The van der Waals surface area contributed by atoms with Crippen molar-refractivity contribution in [1.29, 1.82) is 0 Å². The molecule has 1 amide bonds. The van der Waals surface area contributed by atoms with Crippen molar-refractivity contribution in [3.05, 3.63) is 35.9 Å². The number of alkyl carbamates (subject to hydrolysis) is 1. The van der Waals surface area contributed by atoms with Crippen molar-refractivity contribution in [3.8, 4) is 12.3 Å². The Kier molecular flexibility index (Phi) is 4.82. The van der Waals surface area contributed by atoms with Gasteiger partial charge in [0, 0.05) is 12.5 Å². The third kappa shape index (κ3) is 4.31. The normalized spacial score (nSPS) is 22.3. The molecule has 1 aliphatic rings. The van der Waals surface area contributed by atoms with Crippen LogP contribution in [0.3, 0.4) is 0 Å². The van der Waals surface area contributed by atoms with Crippen molar-refractivity contribution in [2.24, 2.45) is 0 Å². The van der Waals surface area contributed by atoms with E-state index in [1.54, 1.807) is 0 Å². The minimum Gasteiger partial charge on any atom is -0.445 e. The highest BCUT2D eigenvalue weighted by Crippen LogP contribution is 2.13. The van der Waals surface area contributed by atoms with Crippen molar-refractivity contribution in [2.45, 2.75) is 31.6 Å². The zero-order chi connectivity index (χ0) is 13.5. The second kappa shape index (κ2) is 6.81. The molecule has 19 heavy (non-hydrogen) atoms. The molecule has 1 heterocycles. The first-order chi connectivity index (χ1) is 9.28. The van der Waals surface area contributed by atoms with Gasteiger partial charge in [-0.3, -0.25) is 0 Å². The lowest BCUT2D eigenvalue weighted by Gasteiger charge is -2.26. The minimum atomic E-state index is -0.411. The molecule has 1 aromatic carbocycles. The summed E-state index contributed by atoms with van der Waals surface area (Å²) in [6.07, 6.45) is 6.09. The number of carbonyl (C=O) groups excluding carboxylic acids is 1. The summed E-state index contributed by atoms with van der Waals surface area (Å²) in [5.41, 5.74) is 0.964. The van der Waals surface area contributed by atoms with Gasteiger partial charge in [-0.15, -0.1) is 6.42 Å². The number of terminal acetylenes is 1. The van der Waals surface area contributed by atoms with E-state index in [1.807, 2.05) is 30.3 Å². The van der Waals surface area contributed by atoms with Crippen LogP contribution in [0.15, 0.2) is 30.3 Å². The van der Waals surface area contributed by atoms with E-state index >= 15 is 0 Å². The quantitative estimate of drug-likeness (QED) is 0.846. The van der Waals surface area contributed by atoms with Gasteiger partial charge in [0.1, 0.15) is 12.7 Å². The maximum absolute atomic E-state index is 11.7. The molecule has 2 unspecified atom stereocenters. The van der Waals surface area contributed by atoms with E-state index < -0.39 is 6.09 Å². The topological polar surface area (TPSA) is 47.6 Å². The lowest BCUT2D eigenvalue weighted by atomic mass is 10.0. The summed E-state index contributed by atoms with van der Waals surface area (Å²) in [4.78, 5) is 11.7. The third-order valence-electron chi connectivity index (χ3n) is 3.00. The summed E-state index contributed by atoms with van der Waals surface area (Å²) in [5.74, 6) is 2.55. The van der Waals surface area contributed by atoms with E-state index in [2.05, 4.69) is 11.2 Å². The van der Waals surface area contributed by atoms with Gasteiger partial charge in [0.25, 0.3) is 0 Å². The molecule has 0 saturated carbocycles. The fourth-order valence-corrected chi connectivity index (χ4v) is 1.98. The van der Waals surface area contributed by atoms with Crippen LogP contribution in [0.25, 0.3) is 0 Å². The first-order valence-electron chi connectivity index (χ1n) is 6.33. The van der Waals surface area contributed by atoms with E-state index in [9.17, 15) is 4.79 Å². The van der Waals surface area contributed by atoms with Gasteiger partial charge in [0.2, 0.25) is 0 Å². The maximum Gasteiger partial charge on any atom is 0.407 e. The van der Waals surface area contributed by atoms with Crippen molar-refractivity contribution >= 4 is 6.09 Å². The number of hydrogen-bond acceptors (Lipinski definition) is 3. The molecule has 1 fully saturated rings. The fraction of sp³-hybridized carbons (Fsp3) is 0.400. The van der Waals surface area contributed by atoms with Gasteiger partial charge in [-0.1, -0.05) is 36.3 Å². The molecular formula is C15H17NO3. The Labute approximate surface area is 113 Å². The van der Waals surface area contributed by atoms with Gasteiger partial charge >= 0.3 is 6.09 Å². The molecular weight excluding hydrogens is 242 g/mol. The van der Waals surface area contributed by atoms with Crippen molar-refractivity contribution in [2.75, 3.05) is 6.61 Å². The van der Waals surface area contributed by atoms with E-state index in [-0.39, 0.29) is 18.8 Å². The molecule has 4 nitrogen and oxygen atoms in total. The first kappa shape index (κ1) is 13.4. The minimum absolute atomic E-state index is 0.0260. The highest BCUT2D eigenvalue weighted by Gasteiger charge is 2.22. The Bertz CT molecular complexity index is 452. The molecule has 1 N–H and O–H groups in total. The summed E-state index contributed by atoms with van der Waals surface area (Å²) in [6, 6.07) is 9.59. The monoisotopic (exact) mass is 259 g/mol. The standard InChI is InChI=1S/C15H17NO3/c1-2-14-10-13(8-9-18-14)16-15(17)19-11-12-6-4-3-5-7-12/h1,3-7,13-14H,8-11H2,(H,16,17). The SMILES string of the molecule is C#CC1CC(NC(=O)OCc2ccccc2)CCO1. The summed E-state index contributed by atoms with van der Waals surface area (Å²) in [5, 5.41) is 2.82. The van der Waals surface area contributed by atoms with Crippen LogP contribution >= 0.6 is 0 Å². The van der Waals surface area contributed by atoms with Crippen LogP contribution in [0.2, 0.25) is 0 Å². The average Bonchev–Trinajstić information content (AvgIpc) is 2.46. The molecule has 100 valence electrons. The Morgan fingerprint density at radius 2 is 2.26 bits per heavy atom. The van der Waals surface area contributed by atoms with Gasteiger partial charge < -0.3 is 14.8 Å². The Morgan fingerprint density at radius 1 is 1.47 bits per heavy atom. The number of carbonyl (C=O) groups is 1. The molecule has 4 heteroatoms. The van der Waals surface area contributed by atoms with Crippen LogP contribution in [0, 0.1) is 12.3 Å². The number of hydrogen-bond donors (Lipinski definition) is 1. The predicted octanol–water partition coefficient (Wildman–Crippen LogP) is 2.09. The zero-order valence-corrected chi connectivity index (χ0v) is 10.7. The number of amides is 1. The number of ether oxygens (including phenoxy) is 2. The summed E-state index contributed by atoms with van der Waals surface area (Å²) >= 11 is 0. The van der Waals surface area contributed by atoms with Crippen molar-refractivity contribution in [1.82, 2.24) is 5.32 Å². The van der Waals surface area contributed by atoms with Gasteiger partial charge in [-0.05, 0) is 12.0 Å². The summed E-state index contributed by atoms with van der Waals surface area (Å²) in [7, 11) is 0. The Hall–Kier alpha value is -1.99. The summed E-state index contributed by atoms with van der Waals surface area (Å²) < 4.78 is 10.5. The van der Waals surface area contributed by atoms with Crippen LogP contribution in [0.1, 0.15) is 18.4 Å². The second-order valence-corrected chi connectivity index (χ2v) is 4.45. The molecule has 0 aliphatic carbocycles. The largest absolute Gasteiger partial charge is 0.445 e. The molecule has 0 spiro atoms. The van der Waals surface area contributed by atoms with Gasteiger partial charge in [-0.25, -0.2) is 4.79 Å². The lowest BCUT2D eigenvalue weighted by Crippen LogP contribution is -2.41. The van der Waals surface area contributed by atoms with E-state index in [0.717, 1.165) is 12.0 Å². The second-order valence-electron chi connectivity index (χ2n) is 4.45. The predicted molar refractivity (Wildman–Crippen MR) is 71.4 cm³/mol. The first-order valence-corrected chi connectivity index (χ1v) is 6.33.